The van der Waals surface area contributed by atoms with Crippen molar-refractivity contribution in [1.29, 1.82) is 0 Å². The maximum atomic E-state index is 12.0. The van der Waals surface area contributed by atoms with Crippen LogP contribution in [0.5, 0.6) is 0 Å². The summed E-state index contributed by atoms with van der Waals surface area (Å²) < 4.78 is 0. The number of hydrogen-bond acceptors (Lipinski definition) is 4. The van der Waals surface area contributed by atoms with E-state index in [4.69, 9.17) is 0 Å². The number of H-pyrrole nitrogens is 1. The Balaban J connectivity index is 2.12. The molecule has 2 heterocycles. The quantitative estimate of drug-likeness (QED) is 0.876. The van der Waals surface area contributed by atoms with Crippen molar-refractivity contribution < 1.29 is 4.79 Å². The van der Waals surface area contributed by atoms with Crippen LogP contribution in [0.4, 0.5) is 5.95 Å². The normalized spacial score (nSPS) is 11.6. The van der Waals surface area contributed by atoms with Gasteiger partial charge in [-0.1, -0.05) is 20.8 Å². The number of thiophene rings is 1. The molecule has 2 N–H and O–H groups in total. The number of nitrogens with zero attached hydrogens (tertiary/aromatic N) is 2. The molecule has 0 radical (unpaired) electrons. The van der Waals surface area contributed by atoms with Crippen LogP contribution in [0, 0.1) is 6.92 Å². The molecule has 1 amide bonds. The van der Waals surface area contributed by atoms with Crippen molar-refractivity contribution in [3.05, 3.63) is 27.7 Å². The van der Waals surface area contributed by atoms with Crippen LogP contribution in [0.2, 0.25) is 0 Å². The lowest BCUT2D eigenvalue weighted by atomic mass is 9.95. The number of carbonyl (C=O) groups is 1. The summed E-state index contributed by atoms with van der Waals surface area (Å²) in [7, 11) is 0. The molecule has 0 aliphatic carbocycles. The molecule has 0 aliphatic rings. The molecule has 0 unspecified atom stereocenters. The zero-order chi connectivity index (χ0) is 13.3. The topological polar surface area (TPSA) is 70.7 Å². The van der Waals surface area contributed by atoms with Crippen LogP contribution < -0.4 is 5.32 Å². The molecule has 0 bridgehead atoms. The molecular formula is C12H16N4OS. The minimum absolute atomic E-state index is 0.0599. The highest BCUT2D eigenvalue weighted by molar-refractivity contribution is 7.14. The number of anilines is 1. The average Bonchev–Trinajstić information content (AvgIpc) is 2.85. The molecule has 5 nitrogen and oxygen atoms in total. The summed E-state index contributed by atoms with van der Waals surface area (Å²) in [5.74, 6) is 0.810. The molecule has 2 aromatic rings. The summed E-state index contributed by atoms with van der Waals surface area (Å²) in [4.78, 5) is 17.9. The second-order valence-electron chi connectivity index (χ2n) is 5.11. The molecule has 0 spiro atoms. The molecule has 96 valence electrons. The maximum Gasteiger partial charge on any atom is 0.268 e. The van der Waals surface area contributed by atoms with Crippen molar-refractivity contribution in [3.8, 4) is 0 Å². The van der Waals surface area contributed by atoms with Gasteiger partial charge in [-0.2, -0.15) is 4.98 Å². The molecule has 0 saturated heterocycles. The van der Waals surface area contributed by atoms with Gasteiger partial charge >= 0.3 is 0 Å². The highest BCUT2D eigenvalue weighted by Gasteiger charge is 2.19. The van der Waals surface area contributed by atoms with Gasteiger partial charge in [0, 0.05) is 4.88 Å². The second-order valence-corrected chi connectivity index (χ2v) is 6.20. The first-order valence-corrected chi connectivity index (χ1v) is 6.48. The van der Waals surface area contributed by atoms with Crippen molar-refractivity contribution in [2.24, 2.45) is 0 Å². The standard InChI is InChI=1S/C12H16N4OS/c1-7-13-11(16-15-7)14-10(17)8-5-6-9(18-8)12(2,3)4/h5-6H,1-4H3,(H2,13,14,15,16,17). The van der Waals surface area contributed by atoms with Crippen LogP contribution in [-0.4, -0.2) is 21.1 Å². The Hall–Kier alpha value is -1.69. The first-order chi connectivity index (χ1) is 8.36. The van der Waals surface area contributed by atoms with Crippen molar-refractivity contribution >= 4 is 23.2 Å². The predicted molar refractivity (Wildman–Crippen MR) is 72.1 cm³/mol. The first-order valence-electron chi connectivity index (χ1n) is 5.67. The summed E-state index contributed by atoms with van der Waals surface area (Å²) >= 11 is 1.50. The lowest BCUT2D eigenvalue weighted by Crippen LogP contribution is -2.11. The van der Waals surface area contributed by atoms with Crippen LogP contribution >= 0.6 is 11.3 Å². The van der Waals surface area contributed by atoms with Crippen molar-refractivity contribution in [1.82, 2.24) is 15.2 Å². The molecular weight excluding hydrogens is 248 g/mol. The molecule has 0 aliphatic heterocycles. The summed E-state index contributed by atoms with van der Waals surface area (Å²) in [5.41, 5.74) is 0.0599. The monoisotopic (exact) mass is 264 g/mol. The third kappa shape index (κ3) is 2.76. The Morgan fingerprint density at radius 2 is 2.11 bits per heavy atom. The van der Waals surface area contributed by atoms with Gasteiger partial charge in [0.05, 0.1) is 4.88 Å². The number of carbonyl (C=O) groups excluding carboxylic acids is 1. The fourth-order valence-corrected chi connectivity index (χ4v) is 2.38. The van der Waals surface area contributed by atoms with Crippen molar-refractivity contribution in [3.63, 3.8) is 0 Å². The van der Waals surface area contributed by atoms with Gasteiger partial charge in [0.15, 0.2) is 0 Å². The van der Waals surface area contributed by atoms with Crippen LogP contribution in [0.1, 0.15) is 41.1 Å². The third-order valence-electron chi connectivity index (χ3n) is 2.39. The van der Waals surface area contributed by atoms with E-state index in [0.29, 0.717) is 16.6 Å². The molecule has 18 heavy (non-hydrogen) atoms. The van der Waals surface area contributed by atoms with Crippen LogP contribution in [-0.2, 0) is 5.41 Å². The van der Waals surface area contributed by atoms with Gasteiger partial charge in [-0.3, -0.25) is 15.2 Å². The van der Waals surface area contributed by atoms with Gasteiger partial charge in [-0.15, -0.1) is 16.4 Å². The molecule has 0 atom stereocenters. The van der Waals surface area contributed by atoms with E-state index in [1.165, 1.54) is 16.2 Å². The number of aromatic amines is 1. The van der Waals surface area contributed by atoms with E-state index in [0.717, 1.165) is 0 Å². The highest BCUT2D eigenvalue weighted by Crippen LogP contribution is 2.29. The second kappa shape index (κ2) is 4.53. The minimum Gasteiger partial charge on any atom is -0.288 e. The Morgan fingerprint density at radius 3 is 2.61 bits per heavy atom. The number of rotatable bonds is 2. The summed E-state index contributed by atoms with van der Waals surface area (Å²) in [5, 5.41) is 9.22. The largest absolute Gasteiger partial charge is 0.288 e. The third-order valence-corrected chi connectivity index (χ3v) is 3.90. The fraction of sp³-hybridized carbons (Fsp3) is 0.417. The highest BCUT2D eigenvalue weighted by atomic mass is 32.1. The average molecular weight is 264 g/mol. The molecule has 2 aromatic heterocycles. The number of amides is 1. The Labute approximate surface area is 110 Å². The van der Waals surface area contributed by atoms with Gasteiger partial charge in [0.25, 0.3) is 5.91 Å². The van der Waals surface area contributed by atoms with Crippen LogP contribution in [0.15, 0.2) is 12.1 Å². The maximum absolute atomic E-state index is 12.0. The predicted octanol–water partition coefficient (Wildman–Crippen LogP) is 2.72. The van der Waals surface area contributed by atoms with E-state index in [-0.39, 0.29) is 11.3 Å². The number of aromatic nitrogens is 3. The smallest absolute Gasteiger partial charge is 0.268 e. The molecule has 0 saturated carbocycles. The summed E-state index contributed by atoms with van der Waals surface area (Å²) in [6, 6.07) is 3.82. The summed E-state index contributed by atoms with van der Waals surface area (Å²) in [6.45, 7) is 8.16. The van der Waals surface area contributed by atoms with E-state index in [1.807, 2.05) is 12.1 Å². The Morgan fingerprint density at radius 1 is 1.39 bits per heavy atom. The van der Waals surface area contributed by atoms with E-state index in [1.54, 1.807) is 6.92 Å². The van der Waals surface area contributed by atoms with E-state index < -0.39 is 0 Å². The molecule has 0 fully saturated rings. The van der Waals surface area contributed by atoms with Gasteiger partial charge < -0.3 is 0 Å². The molecule has 6 heteroatoms. The fourth-order valence-electron chi connectivity index (χ4n) is 1.42. The lowest BCUT2D eigenvalue weighted by Gasteiger charge is -2.15. The van der Waals surface area contributed by atoms with Gasteiger partial charge in [0.2, 0.25) is 5.95 Å². The van der Waals surface area contributed by atoms with Gasteiger partial charge in [0.1, 0.15) is 5.82 Å². The summed E-state index contributed by atoms with van der Waals surface area (Å²) in [6.07, 6.45) is 0. The SMILES string of the molecule is Cc1nc(NC(=O)c2ccc(C(C)(C)C)s2)n[nH]1. The van der Waals surface area contributed by atoms with Crippen LogP contribution in [0.25, 0.3) is 0 Å². The lowest BCUT2D eigenvalue weighted by molar-refractivity contribution is 0.102. The van der Waals surface area contributed by atoms with Crippen molar-refractivity contribution in [2.75, 3.05) is 5.32 Å². The molecule has 0 aromatic carbocycles. The Bertz CT molecular complexity index is 565. The number of nitrogens with one attached hydrogen (secondary N) is 2. The van der Waals surface area contributed by atoms with Crippen LogP contribution in [0.3, 0.4) is 0 Å². The zero-order valence-electron chi connectivity index (χ0n) is 10.9. The van der Waals surface area contributed by atoms with Gasteiger partial charge in [-0.05, 0) is 24.5 Å². The number of hydrogen-bond donors (Lipinski definition) is 2. The Kier molecular flexibility index (Phi) is 3.21. The number of aryl methyl sites for hydroxylation is 1. The molecule has 2 rings (SSSR count). The van der Waals surface area contributed by atoms with Crippen molar-refractivity contribution in [2.45, 2.75) is 33.1 Å². The zero-order valence-corrected chi connectivity index (χ0v) is 11.7. The van der Waals surface area contributed by atoms with Gasteiger partial charge in [-0.25, -0.2) is 0 Å². The minimum atomic E-state index is -0.172. The van der Waals surface area contributed by atoms with E-state index in [2.05, 4.69) is 41.3 Å². The van der Waals surface area contributed by atoms with E-state index >= 15 is 0 Å². The first kappa shape index (κ1) is 12.8. The van der Waals surface area contributed by atoms with E-state index in [9.17, 15) is 4.79 Å².